The standard InChI is InChI=1S/C18H19NO3/c1-2-17(20)19-16(18(21)22)12-13-7-6-10-15(11-13)14-8-4-3-5-9-14/h3-11,16H,2,12H2,1H3,(H,19,20)(H,21,22). The average molecular weight is 297 g/mol. The topological polar surface area (TPSA) is 66.4 Å². The predicted octanol–water partition coefficient (Wildman–Crippen LogP) is 2.88. The summed E-state index contributed by atoms with van der Waals surface area (Å²) >= 11 is 0. The van der Waals surface area contributed by atoms with E-state index in [1.54, 1.807) is 6.92 Å². The Kier molecular flexibility index (Phi) is 5.31. The number of rotatable bonds is 6. The van der Waals surface area contributed by atoms with E-state index in [9.17, 15) is 14.7 Å². The van der Waals surface area contributed by atoms with E-state index in [1.165, 1.54) is 0 Å². The molecule has 0 bridgehead atoms. The summed E-state index contributed by atoms with van der Waals surface area (Å²) in [7, 11) is 0. The number of hydrogen-bond donors (Lipinski definition) is 2. The van der Waals surface area contributed by atoms with Crippen molar-refractivity contribution in [2.75, 3.05) is 0 Å². The predicted molar refractivity (Wildman–Crippen MR) is 85.4 cm³/mol. The van der Waals surface area contributed by atoms with Crippen LogP contribution in [0.3, 0.4) is 0 Å². The van der Waals surface area contributed by atoms with Crippen LogP contribution in [0.4, 0.5) is 0 Å². The maximum atomic E-state index is 11.4. The fraction of sp³-hybridized carbons (Fsp3) is 0.222. The third-order valence-corrected chi connectivity index (χ3v) is 3.43. The van der Waals surface area contributed by atoms with Gasteiger partial charge >= 0.3 is 5.97 Å². The second-order valence-electron chi connectivity index (χ2n) is 5.08. The van der Waals surface area contributed by atoms with Crippen molar-refractivity contribution in [3.05, 3.63) is 60.2 Å². The molecule has 2 aromatic carbocycles. The van der Waals surface area contributed by atoms with Crippen LogP contribution in [0.1, 0.15) is 18.9 Å². The molecule has 2 N–H and O–H groups in total. The van der Waals surface area contributed by atoms with Crippen LogP contribution in [0.5, 0.6) is 0 Å². The summed E-state index contributed by atoms with van der Waals surface area (Å²) in [6, 6.07) is 16.7. The molecule has 114 valence electrons. The molecule has 2 rings (SSSR count). The molecular weight excluding hydrogens is 278 g/mol. The number of benzene rings is 2. The highest BCUT2D eigenvalue weighted by Crippen LogP contribution is 2.20. The van der Waals surface area contributed by atoms with Crippen molar-refractivity contribution in [1.82, 2.24) is 5.32 Å². The number of carboxylic acids is 1. The maximum Gasteiger partial charge on any atom is 0.326 e. The van der Waals surface area contributed by atoms with E-state index in [1.807, 2.05) is 54.6 Å². The molecule has 0 aliphatic carbocycles. The Morgan fingerprint density at radius 3 is 2.36 bits per heavy atom. The molecule has 0 heterocycles. The normalized spacial score (nSPS) is 11.7. The fourth-order valence-corrected chi connectivity index (χ4v) is 2.24. The summed E-state index contributed by atoms with van der Waals surface area (Å²) < 4.78 is 0. The fourth-order valence-electron chi connectivity index (χ4n) is 2.24. The lowest BCUT2D eigenvalue weighted by atomic mass is 9.99. The molecule has 1 atom stereocenters. The first-order chi connectivity index (χ1) is 10.6. The van der Waals surface area contributed by atoms with Gasteiger partial charge in [0, 0.05) is 12.8 Å². The van der Waals surface area contributed by atoms with Gasteiger partial charge in [0.05, 0.1) is 0 Å². The smallest absolute Gasteiger partial charge is 0.326 e. The Morgan fingerprint density at radius 2 is 1.73 bits per heavy atom. The Morgan fingerprint density at radius 1 is 1.05 bits per heavy atom. The van der Waals surface area contributed by atoms with E-state index in [0.717, 1.165) is 16.7 Å². The van der Waals surface area contributed by atoms with Gasteiger partial charge in [-0.3, -0.25) is 4.79 Å². The molecule has 1 amide bonds. The number of hydrogen-bond acceptors (Lipinski definition) is 2. The van der Waals surface area contributed by atoms with Crippen LogP contribution in [-0.2, 0) is 16.0 Å². The lowest BCUT2D eigenvalue weighted by Crippen LogP contribution is -2.42. The molecular formula is C18H19NO3. The number of carbonyl (C=O) groups is 2. The first kappa shape index (κ1) is 15.8. The van der Waals surface area contributed by atoms with Crippen LogP contribution < -0.4 is 5.32 Å². The van der Waals surface area contributed by atoms with Crippen LogP contribution >= 0.6 is 0 Å². The molecule has 0 aliphatic heterocycles. The number of carboxylic acid groups (broad SMARTS) is 1. The molecule has 0 spiro atoms. The third-order valence-electron chi connectivity index (χ3n) is 3.43. The van der Waals surface area contributed by atoms with Crippen molar-refractivity contribution in [3.63, 3.8) is 0 Å². The van der Waals surface area contributed by atoms with E-state index in [0.29, 0.717) is 0 Å². The molecule has 0 radical (unpaired) electrons. The second kappa shape index (κ2) is 7.41. The summed E-state index contributed by atoms with van der Waals surface area (Å²) in [6.07, 6.45) is 0.537. The van der Waals surface area contributed by atoms with Gasteiger partial charge in [-0.1, -0.05) is 61.5 Å². The van der Waals surface area contributed by atoms with E-state index in [-0.39, 0.29) is 18.7 Å². The molecule has 1 unspecified atom stereocenters. The first-order valence-corrected chi connectivity index (χ1v) is 7.26. The first-order valence-electron chi connectivity index (χ1n) is 7.26. The van der Waals surface area contributed by atoms with Crippen LogP contribution in [0.2, 0.25) is 0 Å². The maximum absolute atomic E-state index is 11.4. The molecule has 0 saturated heterocycles. The summed E-state index contributed by atoms with van der Waals surface area (Å²) in [5.74, 6) is -1.28. The van der Waals surface area contributed by atoms with Gasteiger partial charge in [-0.2, -0.15) is 0 Å². The summed E-state index contributed by atoms with van der Waals surface area (Å²) in [5.41, 5.74) is 2.99. The lowest BCUT2D eigenvalue weighted by Gasteiger charge is -2.14. The molecule has 0 aromatic heterocycles. The highest BCUT2D eigenvalue weighted by molar-refractivity contribution is 5.83. The minimum absolute atomic E-state index is 0.258. The molecule has 0 aliphatic rings. The lowest BCUT2D eigenvalue weighted by molar-refractivity contribution is -0.141. The van der Waals surface area contributed by atoms with Crippen LogP contribution in [-0.4, -0.2) is 23.0 Å². The van der Waals surface area contributed by atoms with Crippen molar-refractivity contribution in [2.24, 2.45) is 0 Å². The van der Waals surface area contributed by atoms with Crippen molar-refractivity contribution < 1.29 is 14.7 Å². The molecule has 4 nitrogen and oxygen atoms in total. The number of aliphatic carboxylic acids is 1. The quantitative estimate of drug-likeness (QED) is 0.861. The molecule has 0 fully saturated rings. The zero-order valence-corrected chi connectivity index (χ0v) is 12.5. The van der Waals surface area contributed by atoms with Gasteiger partial charge in [0.15, 0.2) is 0 Å². The zero-order chi connectivity index (χ0) is 15.9. The number of amides is 1. The summed E-state index contributed by atoms with van der Waals surface area (Å²) in [6.45, 7) is 1.70. The van der Waals surface area contributed by atoms with Crippen molar-refractivity contribution >= 4 is 11.9 Å². The third kappa shape index (κ3) is 4.19. The van der Waals surface area contributed by atoms with E-state index in [4.69, 9.17) is 0 Å². The van der Waals surface area contributed by atoms with Gasteiger partial charge in [0.2, 0.25) is 5.91 Å². The number of carbonyl (C=O) groups excluding carboxylic acids is 1. The van der Waals surface area contributed by atoms with Crippen molar-refractivity contribution in [1.29, 1.82) is 0 Å². The Labute approximate surface area is 129 Å². The summed E-state index contributed by atoms with van der Waals surface area (Å²) in [5, 5.41) is 11.8. The van der Waals surface area contributed by atoms with Gasteiger partial charge in [-0.05, 0) is 16.7 Å². The SMILES string of the molecule is CCC(=O)NC(Cc1cccc(-c2ccccc2)c1)C(=O)O. The highest BCUT2D eigenvalue weighted by atomic mass is 16.4. The second-order valence-corrected chi connectivity index (χ2v) is 5.08. The minimum Gasteiger partial charge on any atom is -0.480 e. The summed E-state index contributed by atoms with van der Waals surface area (Å²) in [4.78, 5) is 22.7. The van der Waals surface area contributed by atoms with E-state index >= 15 is 0 Å². The average Bonchev–Trinajstić information content (AvgIpc) is 2.55. The van der Waals surface area contributed by atoms with Gasteiger partial charge in [0.25, 0.3) is 0 Å². The minimum atomic E-state index is -1.02. The van der Waals surface area contributed by atoms with Gasteiger partial charge in [-0.15, -0.1) is 0 Å². The van der Waals surface area contributed by atoms with E-state index < -0.39 is 12.0 Å². The van der Waals surface area contributed by atoms with Gasteiger partial charge < -0.3 is 10.4 Å². The largest absolute Gasteiger partial charge is 0.480 e. The van der Waals surface area contributed by atoms with Crippen molar-refractivity contribution in [3.8, 4) is 11.1 Å². The molecule has 4 heteroatoms. The van der Waals surface area contributed by atoms with Crippen LogP contribution in [0.15, 0.2) is 54.6 Å². The Balaban J connectivity index is 2.18. The monoisotopic (exact) mass is 297 g/mol. The molecule has 22 heavy (non-hydrogen) atoms. The molecule has 0 saturated carbocycles. The number of nitrogens with one attached hydrogen (secondary N) is 1. The highest BCUT2D eigenvalue weighted by Gasteiger charge is 2.19. The Hall–Kier alpha value is -2.62. The zero-order valence-electron chi connectivity index (χ0n) is 12.5. The van der Waals surface area contributed by atoms with Gasteiger partial charge in [0.1, 0.15) is 6.04 Å². The van der Waals surface area contributed by atoms with E-state index in [2.05, 4.69) is 5.32 Å². The van der Waals surface area contributed by atoms with Crippen molar-refractivity contribution in [2.45, 2.75) is 25.8 Å². The Bertz CT molecular complexity index is 652. The van der Waals surface area contributed by atoms with Crippen LogP contribution in [0, 0.1) is 0 Å². The van der Waals surface area contributed by atoms with Crippen LogP contribution in [0.25, 0.3) is 11.1 Å². The molecule has 2 aromatic rings. The van der Waals surface area contributed by atoms with Gasteiger partial charge in [-0.25, -0.2) is 4.79 Å².